The zero-order valence-corrected chi connectivity index (χ0v) is 16.6. The van der Waals surface area contributed by atoms with Gasteiger partial charge in [0.05, 0.1) is 16.6 Å². The number of carbonyl (C=O) groups excluding carboxylic acids is 1. The number of aromatic nitrogens is 2. The van der Waals surface area contributed by atoms with Crippen LogP contribution in [-0.2, 0) is 0 Å². The number of carbonyl (C=O) groups is 1. The number of aromatic hydroxyl groups is 1. The Morgan fingerprint density at radius 3 is 2.68 bits per heavy atom. The number of imidazole rings is 1. The summed E-state index contributed by atoms with van der Waals surface area (Å²) < 4.78 is 11.1. The maximum absolute atomic E-state index is 12.7. The molecule has 2 aromatic carbocycles. The largest absolute Gasteiger partial charge is 0.507 e. The van der Waals surface area contributed by atoms with Crippen molar-refractivity contribution in [2.75, 3.05) is 5.32 Å². The van der Waals surface area contributed by atoms with E-state index >= 15 is 0 Å². The Hall–Kier alpha value is -4.33. The van der Waals surface area contributed by atoms with Crippen LogP contribution in [0.5, 0.6) is 5.75 Å². The molecule has 0 radical (unpaired) electrons. The van der Waals surface area contributed by atoms with Crippen LogP contribution in [0.15, 0.2) is 62.2 Å². The number of nitrogens with one attached hydrogen (secondary N) is 2. The van der Waals surface area contributed by atoms with E-state index in [9.17, 15) is 14.7 Å². The van der Waals surface area contributed by atoms with Gasteiger partial charge in [0.1, 0.15) is 11.3 Å². The van der Waals surface area contributed by atoms with Crippen molar-refractivity contribution in [1.82, 2.24) is 9.97 Å². The molecule has 0 saturated carbocycles. The first-order chi connectivity index (χ1) is 14.9. The molecule has 5 aromatic rings. The summed E-state index contributed by atoms with van der Waals surface area (Å²) in [6.45, 7) is 3.13. The predicted molar refractivity (Wildman–Crippen MR) is 115 cm³/mol. The number of hydrogen-bond donors (Lipinski definition) is 3. The third kappa shape index (κ3) is 3.14. The number of hydrogen-bond acceptors (Lipinski definition) is 6. The van der Waals surface area contributed by atoms with Gasteiger partial charge in [-0.25, -0.2) is 9.78 Å². The van der Waals surface area contributed by atoms with Crippen LogP contribution in [0.2, 0.25) is 0 Å². The average Bonchev–Trinajstić information content (AvgIpc) is 3.37. The normalized spacial score (nSPS) is 11.3. The number of para-hydroxylation sites is 2. The van der Waals surface area contributed by atoms with Gasteiger partial charge < -0.3 is 18.9 Å². The maximum Gasteiger partial charge on any atom is 0.343 e. The predicted octanol–water partition coefficient (Wildman–Crippen LogP) is 4.50. The number of furan rings is 1. The summed E-state index contributed by atoms with van der Waals surface area (Å²) in [5, 5.41) is 13.5. The fourth-order valence-electron chi connectivity index (χ4n) is 3.45. The number of H-pyrrole nitrogens is 1. The summed E-state index contributed by atoms with van der Waals surface area (Å²) in [5.41, 5.74) is 2.41. The average molecular weight is 415 g/mol. The number of nitrogens with zero attached hydrogens (tertiary/aromatic N) is 1. The van der Waals surface area contributed by atoms with Crippen molar-refractivity contribution in [1.29, 1.82) is 0 Å². The van der Waals surface area contributed by atoms with E-state index in [2.05, 4.69) is 15.3 Å². The second-order valence-corrected chi connectivity index (χ2v) is 7.24. The molecular formula is C23H17N3O5. The number of anilines is 1. The van der Waals surface area contributed by atoms with Gasteiger partial charge in [-0.2, -0.15) is 0 Å². The lowest BCUT2D eigenvalue weighted by Crippen LogP contribution is -2.12. The first-order valence-corrected chi connectivity index (χ1v) is 9.54. The molecule has 31 heavy (non-hydrogen) atoms. The van der Waals surface area contributed by atoms with Gasteiger partial charge in [-0.3, -0.25) is 10.1 Å². The second kappa shape index (κ2) is 6.88. The summed E-state index contributed by atoms with van der Waals surface area (Å²) in [6.07, 6.45) is 0. The van der Waals surface area contributed by atoms with E-state index in [0.717, 1.165) is 11.0 Å². The summed E-state index contributed by atoms with van der Waals surface area (Å²) in [4.78, 5) is 32.0. The molecule has 8 nitrogen and oxygen atoms in total. The van der Waals surface area contributed by atoms with E-state index in [1.807, 2.05) is 24.3 Å². The van der Waals surface area contributed by atoms with Gasteiger partial charge in [0.2, 0.25) is 5.95 Å². The third-order valence-corrected chi connectivity index (χ3v) is 5.18. The molecule has 3 N–H and O–H groups in total. The smallest absolute Gasteiger partial charge is 0.343 e. The highest BCUT2D eigenvalue weighted by Crippen LogP contribution is 2.33. The summed E-state index contributed by atoms with van der Waals surface area (Å²) >= 11 is 0. The second-order valence-electron chi connectivity index (χ2n) is 7.24. The van der Waals surface area contributed by atoms with E-state index in [1.165, 1.54) is 6.92 Å². The lowest BCUT2D eigenvalue weighted by Gasteiger charge is -2.05. The van der Waals surface area contributed by atoms with Crippen molar-refractivity contribution < 1.29 is 18.7 Å². The van der Waals surface area contributed by atoms with Crippen LogP contribution in [0.4, 0.5) is 5.95 Å². The van der Waals surface area contributed by atoms with Crippen molar-refractivity contribution in [3.63, 3.8) is 0 Å². The molecule has 3 aromatic heterocycles. The van der Waals surface area contributed by atoms with E-state index in [4.69, 9.17) is 8.83 Å². The van der Waals surface area contributed by atoms with Crippen LogP contribution < -0.4 is 10.9 Å². The molecule has 3 heterocycles. The zero-order chi connectivity index (χ0) is 21.7. The number of benzene rings is 2. The monoisotopic (exact) mass is 415 g/mol. The molecular weight excluding hydrogens is 398 g/mol. The van der Waals surface area contributed by atoms with Crippen LogP contribution in [0.25, 0.3) is 33.5 Å². The Balaban J connectivity index is 1.48. The van der Waals surface area contributed by atoms with Gasteiger partial charge in [-0.15, -0.1) is 0 Å². The molecule has 0 aliphatic heterocycles. The first kappa shape index (κ1) is 18.7. The molecule has 0 bridgehead atoms. The zero-order valence-electron chi connectivity index (χ0n) is 16.6. The number of rotatable bonds is 3. The molecule has 154 valence electrons. The summed E-state index contributed by atoms with van der Waals surface area (Å²) in [7, 11) is 0. The van der Waals surface area contributed by atoms with E-state index in [1.54, 1.807) is 31.2 Å². The summed E-state index contributed by atoms with van der Waals surface area (Å²) in [5.74, 6) is 0.330. The molecule has 0 spiro atoms. The minimum Gasteiger partial charge on any atom is -0.507 e. The van der Waals surface area contributed by atoms with Gasteiger partial charge >= 0.3 is 5.63 Å². The fourth-order valence-corrected chi connectivity index (χ4v) is 3.45. The minimum atomic E-state index is -0.635. The molecule has 8 heteroatoms. The van der Waals surface area contributed by atoms with Crippen LogP contribution in [0, 0.1) is 13.8 Å². The van der Waals surface area contributed by atoms with Crippen molar-refractivity contribution in [2.45, 2.75) is 13.8 Å². The highest BCUT2D eigenvalue weighted by molar-refractivity contribution is 6.06. The molecule has 0 atom stereocenters. The molecule has 0 fully saturated rings. The Kier molecular flexibility index (Phi) is 4.14. The Bertz CT molecular complexity index is 1510. The van der Waals surface area contributed by atoms with Gasteiger partial charge in [0, 0.05) is 16.5 Å². The Morgan fingerprint density at radius 1 is 1.06 bits per heavy atom. The SMILES string of the molecule is Cc1c(-c2cc3cc(C(=O)Nc4nc5ccccc5[nH]4)ccc3o2)oc(=O)c(C)c1O. The fraction of sp³-hybridized carbons (Fsp3) is 0.0870. The van der Waals surface area contributed by atoms with E-state index < -0.39 is 5.63 Å². The lowest BCUT2D eigenvalue weighted by molar-refractivity contribution is 0.102. The quantitative estimate of drug-likeness (QED) is 0.399. The number of amides is 1. The van der Waals surface area contributed by atoms with Crippen LogP contribution in [-0.4, -0.2) is 21.0 Å². The van der Waals surface area contributed by atoms with Gasteiger partial charge in [0.25, 0.3) is 5.91 Å². The highest BCUT2D eigenvalue weighted by atomic mass is 16.4. The standard InChI is InChI=1S/C23H17N3O5/c1-11-19(27)12(2)22(29)31-20(11)18-10-14-9-13(7-8-17(14)30-18)21(28)26-23-24-15-5-3-4-6-16(15)25-23/h3-10,27H,1-2H3,(H2,24,25,26,28). The number of aromatic amines is 1. The van der Waals surface area contributed by atoms with Gasteiger partial charge in [-0.1, -0.05) is 12.1 Å². The third-order valence-electron chi connectivity index (χ3n) is 5.18. The van der Waals surface area contributed by atoms with E-state index in [0.29, 0.717) is 28.0 Å². The molecule has 0 aliphatic rings. The Labute approximate surface area is 175 Å². The van der Waals surface area contributed by atoms with Crippen LogP contribution >= 0.6 is 0 Å². The maximum atomic E-state index is 12.7. The summed E-state index contributed by atoms with van der Waals surface area (Å²) in [6, 6.07) is 14.1. The van der Waals surface area contributed by atoms with E-state index in [-0.39, 0.29) is 28.7 Å². The van der Waals surface area contributed by atoms with Crippen molar-refractivity contribution >= 4 is 33.9 Å². The Morgan fingerprint density at radius 2 is 1.87 bits per heavy atom. The minimum absolute atomic E-state index is 0.127. The molecule has 1 amide bonds. The van der Waals surface area contributed by atoms with Gasteiger partial charge in [-0.05, 0) is 50.2 Å². The van der Waals surface area contributed by atoms with Crippen molar-refractivity contribution in [3.05, 3.63) is 75.6 Å². The molecule has 0 saturated heterocycles. The van der Waals surface area contributed by atoms with Crippen LogP contribution in [0.3, 0.4) is 0 Å². The molecule has 5 rings (SSSR count). The number of fused-ring (bicyclic) bond motifs is 2. The molecule has 0 aliphatic carbocycles. The first-order valence-electron chi connectivity index (χ1n) is 9.54. The lowest BCUT2D eigenvalue weighted by atomic mass is 10.1. The van der Waals surface area contributed by atoms with Crippen LogP contribution in [0.1, 0.15) is 21.5 Å². The van der Waals surface area contributed by atoms with Crippen molar-refractivity contribution in [2.24, 2.45) is 0 Å². The topological polar surface area (TPSA) is 121 Å². The van der Waals surface area contributed by atoms with Gasteiger partial charge in [0.15, 0.2) is 11.5 Å². The van der Waals surface area contributed by atoms with Crippen molar-refractivity contribution in [3.8, 4) is 17.3 Å². The highest BCUT2D eigenvalue weighted by Gasteiger charge is 2.19. The molecule has 0 unspecified atom stereocenters.